The Hall–Kier alpha value is -2.94. The number of hydrazine groups is 1. The molecule has 27 heavy (non-hydrogen) atoms. The number of piperidine rings is 1. The Bertz CT molecular complexity index is 869. The van der Waals surface area contributed by atoms with E-state index in [4.69, 9.17) is 0 Å². The number of amides is 3. The average molecular weight is 388 g/mol. The molecule has 0 radical (unpaired) electrons. The highest BCUT2D eigenvalue weighted by molar-refractivity contribution is 7.12. The van der Waals surface area contributed by atoms with Gasteiger partial charge in [-0.25, -0.2) is 0 Å². The normalized spacial score (nSPS) is 14.6. The van der Waals surface area contributed by atoms with Gasteiger partial charge in [0.15, 0.2) is 0 Å². The molecule has 0 spiro atoms. The summed E-state index contributed by atoms with van der Waals surface area (Å²) in [5, 5.41) is 1.86. The van der Waals surface area contributed by atoms with Gasteiger partial charge < -0.3 is 9.47 Å². The Morgan fingerprint density at radius 3 is 2.52 bits per heavy atom. The monoisotopic (exact) mass is 388 g/mol. The number of nitrogens with zero attached hydrogens (tertiary/aromatic N) is 2. The van der Waals surface area contributed by atoms with Crippen LogP contribution in [0.1, 0.15) is 22.5 Å². The lowest BCUT2D eigenvalue weighted by atomic mass is 9.96. The number of likely N-dealkylation sites (tertiary alicyclic amines) is 1. The Morgan fingerprint density at radius 2 is 1.85 bits per heavy atom. The van der Waals surface area contributed by atoms with Crippen LogP contribution in [0.5, 0.6) is 0 Å². The highest BCUT2D eigenvalue weighted by Gasteiger charge is 2.28. The number of carbonyl (C=O) groups is 3. The summed E-state index contributed by atoms with van der Waals surface area (Å²) in [6, 6.07) is 8.23. The van der Waals surface area contributed by atoms with E-state index in [2.05, 4.69) is 10.9 Å². The maximum atomic E-state index is 12.3. The average Bonchev–Trinajstić information content (AvgIpc) is 3.22. The number of hydrogen-bond acceptors (Lipinski definition) is 5. The molecule has 0 atom stereocenters. The predicted octanol–water partition coefficient (Wildman–Crippen LogP) is 0.610. The molecule has 142 valence electrons. The summed E-state index contributed by atoms with van der Waals surface area (Å²) in [5.74, 6) is -1.04. The first-order chi connectivity index (χ1) is 13.0. The molecule has 1 aliphatic heterocycles. The van der Waals surface area contributed by atoms with Crippen molar-refractivity contribution in [3.8, 4) is 0 Å². The maximum Gasteiger partial charge on any atom is 0.263 e. The van der Waals surface area contributed by atoms with Gasteiger partial charge in [-0.1, -0.05) is 12.1 Å². The van der Waals surface area contributed by atoms with E-state index in [-0.39, 0.29) is 29.8 Å². The molecule has 1 saturated heterocycles. The molecule has 0 saturated carbocycles. The fourth-order valence-electron chi connectivity index (χ4n) is 2.92. The number of aromatic nitrogens is 1. The van der Waals surface area contributed by atoms with Crippen LogP contribution in [-0.4, -0.2) is 40.3 Å². The van der Waals surface area contributed by atoms with E-state index in [1.807, 2.05) is 11.4 Å². The summed E-state index contributed by atoms with van der Waals surface area (Å²) < 4.78 is 1.25. The molecule has 2 aromatic rings. The van der Waals surface area contributed by atoms with E-state index >= 15 is 0 Å². The molecule has 8 nitrogen and oxygen atoms in total. The van der Waals surface area contributed by atoms with Crippen molar-refractivity contribution in [2.75, 3.05) is 13.1 Å². The summed E-state index contributed by atoms with van der Waals surface area (Å²) in [6.07, 6.45) is 2.58. The smallest absolute Gasteiger partial charge is 0.263 e. The van der Waals surface area contributed by atoms with Gasteiger partial charge in [0.2, 0.25) is 5.91 Å². The number of carbonyl (C=O) groups excluding carboxylic acids is 3. The lowest BCUT2D eigenvalue weighted by Gasteiger charge is -2.31. The van der Waals surface area contributed by atoms with Crippen LogP contribution in [0.3, 0.4) is 0 Å². The molecule has 3 rings (SSSR count). The predicted molar refractivity (Wildman–Crippen MR) is 99.9 cm³/mol. The minimum atomic E-state index is -0.484. The number of hydrogen-bond donors (Lipinski definition) is 2. The Balaban J connectivity index is 1.43. The molecular formula is C18H20N4O4S. The van der Waals surface area contributed by atoms with Crippen molar-refractivity contribution >= 4 is 29.1 Å². The number of rotatable bonds is 4. The van der Waals surface area contributed by atoms with Crippen LogP contribution in [-0.2, 0) is 16.1 Å². The van der Waals surface area contributed by atoms with Crippen molar-refractivity contribution in [2.45, 2.75) is 19.4 Å². The van der Waals surface area contributed by atoms with Crippen LogP contribution in [0, 0.1) is 5.92 Å². The molecule has 1 aliphatic rings. The lowest BCUT2D eigenvalue weighted by molar-refractivity contribution is -0.132. The molecule has 2 aromatic heterocycles. The van der Waals surface area contributed by atoms with Gasteiger partial charge in [0, 0.05) is 31.3 Å². The minimum Gasteiger partial charge on any atom is -0.338 e. The van der Waals surface area contributed by atoms with Crippen LogP contribution in [0.4, 0.5) is 0 Å². The quantitative estimate of drug-likeness (QED) is 0.750. The number of thiophene rings is 1. The van der Waals surface area contributed by atoms with Crippen molar-refractivity contribution in [3.63, 3.8) is 0 Å². The van der Waals surface area contributed by atoms with Gasteiger partial charge in [-0.15, -0.1) is 11.3 Å². The fourth-order valence-corrected chi connectivity index (χ4v) is 3.61. The summed E-state index contributed by atoms with van der Waals surface area (Å²) in [6.45, 7) is 0.831. The van der Waals surface area contributed by atoms with Crippen molar-refractivity contribution in [1.82, 2.24) is 20.3 Å². The Kier molecular flexibility index (Phi) is 6.02. The van der Waals surface area contributed by atoms with Gasteiger partial charge in [-0.05, 0) is 30.4 Å². The van der Waals surface area contributed by atoms with Crippen LogP contribution in [0.15, 0.2) is 46.7 Å². The van der Waals surface area contributed by atoms with Gasteiger partial charge >= 0.3 is 0 Å². The SMILES string of the molecule is O=C(Cn1ccccc1=O)NNC(=O)C1CCN(C(=O)c2cccs2)CC1. The van der Waals surface area contributed by atoms with Crippen LogP contribution < -0.4 is 16.4 Å². The third kappa shape index (κ3) is 4.82. The standard InChI is InChI=1S/C18H20N4O4S/c23-15(12-22-8-2-1-5-16(22)24)19-20-17(25)13-6-9-21(10-7-13)18(26)14-4-3-11-27-14/h1-5,8,11,13H,6-7,9-10,12H2,(H,19,23)(H,20,25). The van der Waals surface area contributed by atoms with E-state index in [1.54, 1.807) is 23.1 Å². The Morgan fingerprint density at radius 1 is 1.07 bits per heavy atom. The molecule has 3 heterocycles. The van der Waals surface area contributed by atoms with E-state index < -0.39 is 5.91 Å². The number of nitrogens with one attached hydrogen (secondary N) is 2. The molecule has 0 unspecified atom stereocenters. The van der Waals surface area contributed by atoms with Crippen molar-refractivity contribution in [3.05, 3.63) is 57.1 Å². The molecule has 0 bridgehead atoms. The molecule has 0 aliphatic carbocycles. The van der Waals surface area contributed by atoms with E-state index in [1.165, 1.54) is 28.2 Å². The molecule has 3 amide bonds. The summed E-state index contributed by atoms with van der Waals surface area (Å²) >= 11 is 1.40. The third-order valence-corrected chi connectivity index (χ3v) is 5.28. The molecule has 9 heteroatoms. The zero-order chi connectivity index (χ0) is 19.2. The van der Waals surface area contributed by atoms with Crippen LogP contribution in [0.2, 0.25) is 0 Å². The van der Waals surface area contributed by atoms with Gasteiger partial charge in [0.1, 0.15) is 6.54 Å². The maximum absolute atomic E-state index is 12.3. The zero-order valence-electron chi connectivity index (χ0n) is 14.6. The molecule has 1 fully saturated rings. The summed E-state index contributed by atoms with van der Waals surface area (Å²) in [7, 11) is 0. The summed E-state index contributed by atoms with van der Waals surface area (Å²) in [5.41, 5.74) is 4.45. The lowest BCUT2D eigenvalue weighted by Crippen LogP contribution is -2.49. The molecule has 0 aromatic carbocycles. The Labute approximate surface area is 159 Å². The van der Waals surface area contributed by atoms with Gasteiger partial charge in [0.05, 0.1) is 4.88 Å². The first-order valence-electron chi connectivity index (χ1n) is 8.61. The first kappa shape index (κ1) is 18.8. The van der Waals surface area contributed by atoms with Gasteiger partial charge in [-0.2, -0.15) is 0 Å². The highest BCUT2D eigenvalue weighted by Crippen LogP contribution is 2.20. The van der Waals surface area contributed by atoms with Crippen LogP contribution in [0.25, 0.3) is 0 Å². The molecule has 2 N–H and O–H groups in total. The minimum absolute atomic E-state index is 0.00883. The van der Waals surface area contributed by atoms with Crippen molar-refractivity contribution in [1.29, 1.82) is 0 Å². The first-order valence-corrected chi connectivity index (χ1v) is 9.49. The van der Waals surface area contributed by atoms with Gasteiger partial charge in [-0.3, -0.25) is 30.0 Å². The second-order valence-corrected chi connectivity index (χ2v) is 7.20. The highest BCUT2D eigenvalue weighted by atomic mass is 32.1. The topological polar surface area (TPSA) is 101 Å². The summed E-state index contributed by atoms with van der Waals surface area (Å²) in [4.78, 5) is 50.4. The van der Waals surface area contributed by atoms with Crippen LogP contribution >= 0.6 is 11.3 Å². The largest absolute Gasteiger partial charge is 0.338 e. The van der Waals surface area contributed by atoms with Crippen molar-refractivity contribution < 1.29 is 14.4 Å². The second-order valence-electron chi connectivity index (χ2n) is 6.25. The number of pyridine rings is 1. The molecular weight excluding hydrogens is 368 g/mol. The van der Waals surface area contributed by atoms with E-state index in [9.17, 15) is 19.2 Å². The zero-order valence-corrected chi connectivity index (χ0v) is 15.4. The fraction of sp³-hybridized carbons (Fsp3) is 0.333. The van der Waals surface area contributed by atoms with E-state index in [0.29, 0.717) is 30.8 Å². The van der Waals surface area contributed by atoms with E-state index in [0.717, 1.165) is 0 Å². The third-order valence-electron chi connectivity index (χ3n) is 4.42. The van der Waals surface area contributed by atoms with Crippen molar-refractivity contribution in [2.24, 2.45) is 5.92 Å². The van der Waals surface area contributed by atoms with Gasteiger partial charge in [0.25, 0.3) is 17.4 Å². The second kappa shape index (κ2) is 8.63.